The largest absolute Gasteiger partial charge is 0.446 e. The van der Waals surface area contributed by atoms with Gasteiger partial charge in [0.15, 0.2) is 5.69 Å². The van der Waals surface area contributed by atoms with Gasteiger partial charge >= 0.3 is 5.76 Å². The van der Waals surface area contributed by atoms with Crippen LogP contribution in [-0.2, 0) is 0 Å². The van der Waals surface area contributed by atoms with Crippen LogP contribution < -0.4 is 5.76 Å². The fourth-order valence-electron chi connectivity index (χ4n) is 1.69. The maximum absolute atomic E-state index is 13.2. The Bertz CT molecular complexity index is 838. The summed E-state index contributed by atoms with van der Waals surface area (Å²) in [5.41, 5.74) is 0.969. The van der Waals surface area contributed by atoms with E-state index in [9.17, 15) is 9.18 Å². The molecule has 1 aromatic carbocycles. The Kier molecular flexibility index (Phi) is 2.87. The molecule has 0 aliphatic heterocycles. The fourth-order valence-corrected chi connectivity index (χ4v) is 1.86. The van der Waals surface area contributed by atoms with E-state index in [0.717, 1.165) is 10.6 Å². The van der Waals surface area contributed by atoms with E-state index in [2.05, 4.69) is 24.6 Å². The van der Waals surface area contributed by atoms with Gasteiger partial charge in [0.2, 0.25) is 5.82 Å². The Hall–Kier alpha value is -2.48. The van der Waals surface area contributed by atoms with E-state index in [4.69, 9.17) is 11.6 Å². The zero-order valence-electron chi connectivity index (χ0n) is 10.0. The maximum atomic E-state index is 13.2. The van der Waals surface area contributed by atoms with Crippen LogP contribution in [0.25, 0.3) is 17.2 Å². The molecule has 102 valence electrons. The standard InChI is InChI=1S/C11H6ClFN4O3/c1-5-9(15-20-14-5)10-16-19-11(18)17(10)6-2-3-8(13)7(12)4-6/h2-4H,1H3. The third kappa shape index (κ3) is 1.90. The van der Waals surface area contributed by atoms with Gasteiger partial charge in [-0.25, -0.2) is 18.4 Å². The number of aryl methyl sites for hydroxylation is 1. The van der Waals surface area contributed by atoms with Crippen molar-refractivity contribution in [2.75, 3.05) is 0 Å². The summed E-state index contributed by atoms with van der Waals surface area (Å²) >= 11 is 5.70. The smallest absolute Gasteiger partial charge is 0.295 e. The first-order valence-electron chi connectivity index (χ1n) is 5.41. The van der Waals surface area contributed by atoms with Gasteiger partial charge in [0.25, 0.3) is 0 Å². The zero-order valence-corrected chi connectivity index (χ0v) is 10.8. The second-order valence-corrected chi connectivity index (χ2v) is 4.31. The molecule has 0 fully saturated rings. The monoisotopic (exact) mass is 296 g/mol. The minimum absolute atomic E-state index is 0.0939. The SMILES string of the molecule is Cc1nonc1-c1noc(=O)n1-c1ccc(F)c(Cl)c1. The highest BCUT2D eigenvalue weighted by molar-refractivity contribution is 6.30. The minimum Gasteiger partial charge on any atom is -0.295 e. The van der Waals surface area contributed by atoms with Gasteiger partial charge in [-0.2, -0.15) is 0 Å². The van der Waals surface area contributed by atoms with E-state index in [1.807, 2.05) is 0 Å². The summed E-state index contributed by atoms with van der Waals surface area (Å²) in [7, 11) is 0. The molecule has 3 rings (SSSR count). The van der Waals surface area contributed by atoms with E-state index >= 15 is 0 Å². The molecule has 0 aliphatic rings. The Morgan fingerprint density at radius 3 is 2.75 bits per heavy atom. The minimum atomic E-state index is -0.759. The number of rotatable bonds is 2. The first kappa shape index (κ1) is 12.5. The summed E-state index contributed by atoms with van der Waals surface area (Å²) < 4.78 is 23.4. The summed E-state index contributed by atoms with van der Waals surface area (Å²) in [6.45, 7) is 1.63. The van der Waals surface area contributed by atoms with Gasteiger partial charge in [0, 0.05) is 0 Å². The molecule has 3 aromatic rings. The Labute approximate surface area is 115 Å². The third-order valence-electron chi connectivity index (χ3n) is 2.63. The van der Waals surface area contributed by atoms with Crippen molar-refractivity contribution in [2.45, 2.75) is 6.92 Å². The molecule has 2 aromatic heterocycles. The number of benzene rings is 1. The summed E-state index contributed by atoms with van der Waals surface area (Å²) in [5, 5.41) is 10.7. The molecule has 0 bridgehead atoms. The topological polar surface area (TPSA) is 87.0 Å². The number of halogens is 2. The number of aromatic nitrogens is 4. The molecule has 7 nitrogen and oxygen atoms in total. The Balaban J connectivity index is 2.24. The van der Waals surface area contributed by atoms with Crippen LogP contribution in [0, 0.1) is 12.7 Å². The van der Waals surface area contributed by atoms with Crippen molar-refractivity contribution in [3.05, 3.63) is 45.3 Å². The Morgan fingerprint density at radius 2 is 2.10 bits per heavy atom. The lowest BCUT2D eigenvalue weighted by Gasteiger charge is -2.03. The predicted octanol–water partition coefficient (Wildman–Crippen LogP) is 1.98. The lowest BCUT2D eigenvalue weighted by molar-refractivity contribution is 0.305. The molecular formula is C11H6ClFN4O3. The second-order valence-electron chi connectivity index (χ2n) is 3.90. The number of nitrogens with zero attached hydrogens (tertiary/aromatic N) is 4. The molecule has 20 heavy (non-hydrogen) atoms. The van der Waals surface area contributed by atoms with Crippen molar-refractivity contribution in [2.24, 2.45) is 0 Å². The van der Waals surface area contributed by atoms with Gasteiger partial charge in [-0.05, 0) is 30.3 Å². The summed E-state index contributed by atoms with van der Waals surface area (Å²) in [5.74, 6) is -1.26. The number of hydrogen-bond acceptors (Lipinski definition) is 6. The van der Waals surface area contributed by atoms with Gasteiger partial charge in [-0.1, -0.05) is 21.9 Å². The van der Waals surface area contributed by atoms with Crippen LogP contribution in [0.2, 0.25) is 5.02 Å². The van der Waals surface area contributed by atoms with Crippen LogP contribution in [0.15, 0.2) is 32.1 Å². The van der Waals surface area contributed by atoms with E-state index in [1.165, 1.54) is 12.1 Å². The van der Waals surface area contributed by atoms with E-state index in [1.54, 1.807) is 6.92 Å². The molecule has 9 heteroatoms. The van der Waals surface area contributed by atoms with Crippen molar-refractivity contribution in [1.82, 2.24) is 20.0 Å². The lowest BCUT2D eigenvalue weighted by atomic mass is 10.3. The zero-order chi connectivity index (χ0) is 14.3. The molecule has 0 saturated heterocycles. The summed E-state index contributed by atoms with van der Waals surface area (Å²) in [4.78, 5) is 11.8. The lowest BCUT2D eigenvalue weighted by Crippen LogP contribution is -2.13. The normalized spacial score (nSPS) is 10.9. The quantitative estimate of drug-likeness (QED) is 0.718. The summed E-state index contributed by atoms with van der Waals surface area (Å²) in [6, 6.07) is 3.78. The van der Waals surface area contributed by atoms with Crippen LogP contribution in [0.1, 0.15) is 5.69 Å². The van der Waals surface area contributed by atoms with Crippen molar-refractivity contribution in [1.29, 1.82) is 0 Å². The molecule has 2 heterocycles. The molecule has 0 spiro atoms. The molecular weight excluding hydrogens is 291 g/mol. The van der Waals surface area contributed by atoms with Gasteiger partial charge in [-0.3, -0.25) is 4.52 Å². The average Bonchev–Trinajstić information content (AvgIpc) is 2.99. The van der Waals surface area contributed by atoms with Crippen LogP contribution in [0.5, 0.6) is 0 Å². The highest BCUT2D eigenvalue weighted by Gasteiger charge is 2.20. The number of hydrogen-bond donors (Lipinski definition) is 0. The van der Waals surface area contributed by atoms with Crippen LogP contribution in [-0.4, -0.2) is 20.0 Å². The van der Waals surface area contributed by atoms with Gasteiger partial charge in [0.1, 0.15) is 11.5 Å². The van der Waals surface area contributed by atoms with Crippen molar-refractivity contribution < 1.29 is 13.5 Å². The first-order valence-corrected chi connectivity index (χ1v) is 5.79. The van der Waals surface area contributed by atoms with Crippen molar-refractivity contribution >= 4 is 11.6 Å². The molecule has 0 saturated carbocycles. The maximum Gasteiger partial charge on any atom is 0.446 e. The molecule has 0 amide bonds. The van der Waals surface area contributed by atoms with Crippen LogP contribution >= 0.6 is 11.6 Å². The van der Waals surface area contributed by atoms with Crippen LogP contribution in [0.4, 0.5) is 4.39 Å². The molecule has 0 radical (unpaired) electrons. The van der Waals surface area contributed by atoms with Gasteiger partial charge in [-0.15, -0.1) is 0 Å². The summed E-state index contributed by atoms with van der Waals surface area (Å²) in [6.07, 6.45) is 0. The Morgan fingerprint density at radius 1 is 1.30 bits per heavy atom. The molecule has 0 atom stereocenters. The first-order chi connectivity index (χ1) is 9.58. The van der Waals surface area contributed by atoms with E-state index < -0.39 is 11.6 Å². The van der Waals surface area contributed by atoms with E-state index in [-0.39, 0.29) is 16.5 Å². The van der Waals surface area contributed by atoms with Crippen molar-refractivity contribution in [3.63, 3.8) is 0 Å². The van der Waals surface area contributed by atoms with Crippen LogP contribution in [0.3, 0.4) is 0 Å². The molecule has 0 N–H and O–H groups in total. The molecule has 0 aliphatic carbocycles. The predicted molar refractivity (Wildman–Crippen MR) is 65.1 cm³/mol. The van der Waals surface area contributed by atoms with Gasteiger partial charge in [0.05, 0.1) is 10.7 Å². The molecule has 0 unspecified atom stereocenters. The van der Waals surface area contributed by atoms with Gasteiger partial charge < -0.3 is 0 Å². The highest BCUT2D eigenvalue weighted by atomic mass is 35.5. The highest BCUT2D eigenvalue weighted by Crippen LogP contribution is 2.23. The fraction of sp³-hybridized carbons (Fsp3) is 0.0909. The van der Waals surface area contributed by atoms with E-state index in [0.29, 0.717) is 11.4 Å². The second kappa shape index (κ2) is 4.57. The average molecular weight is 297 g/mol. The van der Waals surface area contributed by atoms with Crippen molar-refractivity contribution in [3.8, 4) is 17.2 Å². The third-order valence-corrected chi connectivity index (χ3v) is 2.92.